The lowest BCUT2D eigenvalue weighted by atomic mass is 9.90. The van der Waals surface area contributed by atoms with Crippen LogP contribution in [0.4, 0.5) is 0 Å². The van der Waals surface area contributed by atoms with Crippen molar-refractivity contribution in [2.45, 2.75) is 19.0 Å². The lowest BCUT2D eigenvalue weighted by Crippen LogP contribution is -2.53. The Morgan fingerprint density at radius 1 is 1.12 bits per heavy atom. The Labute approximate surface area is 187 Å². The van der Waals surface area contributed by atoms with Crippen molar-refractivity contribution in [3.63, 3.8) is 0 Å². The second-order valence-corrected chi connectivity index (χ2v) is 7.46. The van der Waals surface area contributed by atoms with Gasteiger partial charge in [-0.05, 0) is 41.5 Å². The molecular weight excluding hydrogens is 406 g/mol. The van der Waals surface area contributed by atoms with E-state index in [-0.39, 0.29) is 25.6 Å². The smallest absolute Gasteiger partial charge is 0.244 e. The molecule has 0 aliphatic heterocycles. The van der Waals surface area contributed by atoms with E-state index < -0.39 is 5.54 Å². The standard InChI is InChI=1S/C25H27N3O4/c1-25(28-11-12-29,19-8-6-9-20(14-19)31-2)24(30)27-16-22-21-10-5-4-7-17(21)13-18(15-26)23(22)32-3/h4-10,13-14,28-29H,11-12,16H2,1-3H3,(H,27,30). The molecule has 32 heavy (non-hydrogen) atoms. The van der Waals surface area contributed by atoms with Gasteiger partial charge in [0.15, 0.2) is 0 Å². The van der Waals surface area contributed by atoms with Crippen LogP contribution in [0.2, 0.25) is 0 Å². The fraction of sp³-hybridized carbons (Fsp3) is 0.280. The molecule has 0 heterocycles. The first-order chi connectivity index (χ1) is 15.5. The third-order valence-corrected chi connectivity index (χ3v) is 5.55. The Bertz CT molecular complexity index is 1160. The van der Waals surface area contributed by atoms with Crippen molar-refractivity contribution < 1.29 is 19.4 Å². The van der Waals surface area contributed by atoms with E-state index in [1.165, 1.54) is 7.11 Å². The van der Waals surface area contributed by atoms with Gasteiger partial charge >= 0.3 is 0 Å². The van der Waals surface area contributed by atoms with Crippen LogP contribution in [0.1, 0.15) is 23.6 Å². The van der Waals surface area contributed by atoms with Gasteiger partial charge in [-0.25, -0.2) is 0 Å². The number of aliphatic hydroxyl groups excluding tert-OH is 1. The van der Waals surface area contributed by atoms with Crippen LogP contribution in [0.25, 0.3) is 10.8 Å². The van der Waals surface area contributed by atoms with Crippen LogP contribution in [0.15, 0.2) is 54.6 Å². The fourth-order valence-corrected chi connectivity index (χ4v) is 3.79. The van der Waals surface area contributed by atoms with E-state index in [4.69, 9.17) is 9.47 Å². The summed E-state index contributed by atoms with van der Waals surface area (Å²) in [6.45, 7) is 2.04. The number of benzene rings is 3. The van der Waals surface area contributed by atoms with E-state index in [9.17, 15) is 15.2 Å². The molecule has 1 atom stereocenters. The third-order valence-electron chi connectivity index (χ3n) is 5.55. The molecule has 0 radical (unpaired) electrons. The van der Waals surface area contributed by atoms with Gasteiger partial charge in [-0.1, -0.05) is 36.4 Å². The Hall–Kier alpha value is -3.60. The molecule has 0 aliphatic rings. The first-order valence-electron chi connectivity index (χ1n) is 10.3. The number of carbonyl (C=O) groups is 1. The molecule has 3 N–H and O–H groups in total. The van der Waals surface area contributed by atoms with Gasteiger partial charge in [0.25, 0.3) is 0 Å². The predicted molar refractivity (Wildman–Crippen MR) is 122 cm³/mol. The number of nitriles is 1. The van der Waals surface area contributed by atoms with E-state index in [0.717, 1.165) is 16.3 Å². The number of fused-ring (bicyclic) bond motifs is 1. The Balaban J connectivity index is 1.98. The molecule has 3 aromatic rings. The number of ether oxygens (including phenoxy) is 2. The molecule has 0 saturated carbocycles. The molecule has 7 heteroatoms. The highest BCUT2D eigenvalue weighted by Gasteiger charge is 2.35. The summed E-state index contributed by atoms with van der Waals surface area (Å²) in [6, 6.07) is 18.9. The molecule has 0 spiro atoms. The minimum Gasteiger partial charge on any atom is -0.497 e. The summed E-state index contributed by atoms with van der Waals surface area (Å²) in [7, 11) is 3.08. The number of carbonyl (C=O) groups excluding carboxylic acids is 1. The summed E-state index contributed by atoms with van der Waals surface area (Å²) < 4.78 is 10.8. The van der Waals surface area contributed by atoms with Gasteiger partial charge in [-0.15, -0.1) is 0 Å². The average molecular weight is 434 g/mol. The van der Waals surface area contributed by atoms with E-state index in [2.05, 4.69) is 16.7 Å². The van der Waals surface area contributed by atoms with E-state index in [0.29, 0.717) is 22.6 Å². The minimum atomic E-state index is -1.12. The number of nitrogens with zero attached hydrogens (tertiary/aromatic N) is 1. The quantitative estimate of drug-likeness (QED) is 0.479. The van der Waals surface area contributed by atoms with Crippen LogP contribution < -0.4 is 20.1 Å². The molecule has 1 unspecified atom stereocenters. The molecule has 0 bridgehead atoms. The van der Waals surface area contributed by atoms with Crippen molar-refractivity contribution in [3.8, 4) is 17.6 Å². The highest BCUT2D eigenvalue weighted by Crippen LogP contribution is 2.32. The van der Waals surface area contributed by atoms with Crippen LogP contribution in [-0.4, -0.2) is 38.4 Å². The Kier molecular flexibility index (Phi) is 7.31. The van der Waals surface area contributed by atoms with Gasteiger partial charge in [-0.2, -0.15) is 5.26 Å². The number of methoxy groups -OCH3 is 2. The predicted octanol–water partition coefficient (Wildman–Crippen LogP) is 2.84. The number of aliphatic hydroxyl groups is 1. The van der Waals surface area contributed by atoms with Crippen LogP contribution in [-0.2, 0) is 16.9 Å². The zero-order valence-electron chi connectivity index (χ0n) is 18.4. The maximum Gasteiger partial charge on any atom is 0.244 e. The summed E-state index contributed by atoms with van der Waals surface area (Å²) in [4.78, 5) is 13.4. The molecule has 0 saturated heterocycles. The molecule has 1 amide bonds. The van der Waals surface area contributed by atoms with Gasteiger partial charge in [0.05, 0.1) is 26.4 Å². The number of amides is 1. The topological polar surface area (TPSA) is 104 Å². The largest absolute Gasteiger partial charge is 0.497 e. The first kappa shape index (κ1) is 23.1. The highest BCUT2D eigenvalue weighted by atomic mass is 16.5. The van der Waals surface area contributed by atoms with Crippen molar-refractivity contribution in [1.29, 1.82) is 5.26 Å². The van der Waals surface area contributed by atoms with Crippen molar-refractivity contribution in [2.75, 3.05) is 27.4 Å². The van der Waals surface area contributed by atoms with Crippen LogP contribution in [0, 0.1) is 11.3 Å². The normalized spacial score (nSPS) is 12.6. The number of hydrogen-bond donors (Lipinski definition) is 3. The zero-order chi connectivity index (χ0) is 23.1. The monoisotopic (exact) mass is 433 g/mol. The summed E-state index contributed by atoms with van der Waals surface area (Å²) in [5, 5.41) is 26.8. The first-order valence-corrected chi connectivity index (χ1v) is 10.3. The molecule has 0 aliphatic carbocycles. The van der Waals surface area contributed by atoms with Gasteiger partial charge in [0.1, 0.15) is 23.1 Å². The number of nitrogens with one attached hydrogen (secondary N) is 2. The third kappa shape index (κ3) is 4.52. The number of hydrogen-bond acceptors (Lipinski definition) is 6. The van der Waals surface area contributed by atoms with Gasteiger partial charge in [0, 0.05) is 18.7 Å². The van der Waals surface area contributed by atoms with E-state index in [1.54, 1.807) is 32.2 Å². The van der Waals surface area contributed by atoms with Crippen molar-refractivity contribution in [3.05, 3.63) is 71.3 Å². The average Bonchev–Trinajstić information content (AvgIpc) is 2.84. The van der Waals surface area contributed by atoms with Crippen LogP contribution in [0.3, 0.4) is 0 Å². The molecule has 166 valence electrons. The second-order valence-electron chi connectivity index (χ2n) is 7.46. The van der Waals surface area contributed by atoms with Crippen LogP contribution >= 0.6 is 0 Å². The maximum atomic E-state index is 13.4. The van der Waals surface area contributed by atoms with Crippen molar-refractivity contribution >= 4 is 16.7 Å². The van der Waals surface area contributed by atoms with E-state index in [1.807, 2.05) is 36.4 Å². The summed E-state index contributed by atoms with van der Waals surface area (Å²) in [6.07, 6.45) is 0. The van der Waals surface area contributed by atoms with Gasteiger partial charge < -0.3 is 19.9 Å². The lowest BCUT2D eigenvalue weighted by Gasteiger charge is -2.30. The lowest BCUT2D eigenvalue weighted by molar-refractivity contribution is -0.127. The van der Waals surface area contributed by atoms with Crippen LogP contribution in [0.5, 0.6) is 11.5 Å². The van der Waals surface area contributed by atoms with E-state index >= 15 is 0 Å². The molecular formula is C25H27N3O4. The summed E-state index contributed by atoms with van der Waals surface area (Å²) >= 11 is 0. The number of rotatable bonds is 9. The molecule has 3 rings (SSSR count). The highest BCUT2D eigenvalue weighted by molar-refractivity contribution is 5.91. The van der Waals surface area contributed by atoms with Crippen molar-refractivity contribution in [2.24, 2.45) is 0 Å². The summed E-state index contributed by atoms with van der Waals surface area (Å²) in [5.74, 6) is 0.785. The van der Waals surface area contributed by atoms with Gasteiger partial charge in [0.2, 0.25) is 5.91 Å². The zero-order valence-corrected chi connectivity index (χ0v) is 18.4. The fourth-order valence-electron chi connectivity index (χ4n) is 3.79. The molecule has 7 nitrogen and oxygen atoms in total. The summed E-state index contributed by atoms with van der Waals surface area (Å²) in [5.41, 5.74) is 0.716. The SMILES string of the molecule is COc1cccc(C(C)(NCCO)C(=O)NCc2c(OC)c(C#N)cc3ccccc23)c1. The van der Waals surface area contributed by atoms with Gasteiger partial charge in [-0.3, -0.25) is 10.1 Å². The minimum absolute atomic E-state index is 0.116. The molecule has 0 fully saturated rings. The second kappa shape index (κ2) is 10.1. The molecule has 3 aromatic carbocycles. The Morgan fingerprint density at radius 2 is 1.91 bits per heavy atom. The maximum absolute atomic E-state index is 13.4. The van der Waals surface area contributed by atoms with Crippen molar-refractivity contribution in [1.82, 2.24) is 10.6 Å². The Morgan fingerprint density at radius 3 is 2.59 bits per heavy atom. The molecule has 0 aromatic heterocycles.